The molecule has 2 atom stereocenters. The lowest BCUT2D eigenvalue weighted by Crippen LogP contribution is -3.14. The van der Waals surface area contributed by atoms with Gasteiger partial charge in [-0.1, -0.05) is 19.1 Å². The Labute approximate surface area is 120 Å². The minimum Gasteiger partial charge on any atom is -0.327 e. The van der Waals surface area contributed by atoms with Crippen molar-refractivity contribution < 1.29 is 14.5 Å². The van der Waals surface area contributed by atoms with E-state index in [1.165, 1.54) is 24.7 Å². The van der Waals surface area contributed by atoms with Crippen LogP contribution in [0.1, 0.15) is 37.0 Å². The van der Waals surface area contributed by atoms with E-state index in [9.17, 15) is 9.59 Å². The van der Waals surface area contributed by atoms with Crippen molar-refractivity contribution >= 4 is 17.4 Å². The summed E-state index contributed by atoms with van der Waals surface area (Å²) in [5.41, 5.74) is 1.33. The molecule has 20 heavy (non-hydrogen) atoms. The molecular formula is C16H23N2O2+. The number of anilines is 1. The molecule has 0 saturated carbocycles. The lowest BCUT2D eigenvalue weighted by atomic mass is 10.0. The first-order valence-electron chi connectivity index (χ1n) is 7.29. The van der Waals surface area contributed by atoms with Crippen LogP contribution in [0.4, 0.5) is 5.69 Å². The van der Waals surface area contributed by atoms with Gasteiger partial charge < -0.3 is 10.2 Å². The van der Waals surface area contributed by atoms with Gasteiger partial charge in [0, 0.05) is 17.2 Å². The molecule has 1 unspecified atom stereocenters. The number of nitrogens with one attached hydrogen (secondary N) is 2. The minimum absolute atomic E-state index is 0.0107. The zero-order chi connectivity index (χ0) is 14.5. The van der Waals surface area contributed by atoms with Crippen LogP contribution in [0.5, 0.6) is 0 Å². The van der Waals surface area contributed by atoms with Crippen molar-refractivity contribution in [3.05, 3.63) is 29.8 Å². The third kappa shape index (κ3) is 4.17. The number of Topliss-reactive ketones (excluding diaryl/α,β-unsaturated/α-hetero) is 1. The fourth-order valence-corrected chi connectivity index (χ4v) is 2.81. The molecule has 0 aliphatic carbocycles. The highest BCUT2D eigenvalue weighted by atomic mass is 16.2. The van der Waals surface area contributed by atoms with E-state index in [1.54, 1.807) is 18.2 Å². The standard InChI is InChI=1S/C16H22N2O2/c1-12-5-4-8-18(10-12)11-16(20)17-15-7-3-6-14(9-15)13(2)19/h3,6-7,9,12H,4-5,8,10-11H2,1-2H3,(H,17,20)/p+1/t12-/m1/s1. The number of ketones is 1. The van der Waals surface area contributed by atoms with Crippen LogP contribution >= 0.6 is 0 Å². The van der Waals surface area contributed by atoms with E-state index in [0.29, 0.717) is 23.7 Å². The lowest BCUT2D eigenvalue weighted by molar-refractivity contribution is -0.900. The fourth-order valence-electron chi connectivity index (χ4n) is 2.81. The SMILES string of the molecule is CC(=O)c1cccc(NC(=O)C[NH+]2CCC[C@@H](C)C2)c1. The Bertz CT molecular complexity index is 499. The predicted molar refractivity (Wildman–Crippen MR) is 79.0 cm³/mol. The Morgan fingerprint density at radius 3 is 2.90 bits per heavy atom. The summed E-state index contributed by atoms with van der Waals surface area (Å²) < 4.78 is 0. The minimum atomic E-state index is 0.0107. The van der Waals surface area contributed by atoms with Crippen LogP contribution < -0.4 is 10.2 Å². The molecule has 0 bridgehead atoms. The highest BCUT2D eigenvalue weighted by Gasteiger charge is 2.21. The molecule has 108 valence electrons. The number of carbonyl (C=O) groups excluding carboxylic acids is 2. The van der Waals surface area contributed by atoms with Gasteiger partial charge in [0.15, 0.2) is 12.3 Å². The molecule has 4 nitrogen and oxygen atoms in total. The van der Waals surface area contributed by atoms with E-state index in [1.807, 2.05) is 6.07 Å². The smallest absolute Gasteiger partial charge is 0.279 e. The number of carbonyl (C=O) groups is 2. The molecular weight excluding hydrogens is 252 g/mol. The summed E-state index contributed by atoms with van der Waals surface area (Å²) in [6.07, 6.45) is 2.47. The van der Waals surface area contributed by atoms with Gasteiger partial charge in [-0.2, -0.15) is 0 Å². The molecule has 1 aliphatic rings. The summed E-state index contributed by atoms with van der Waals surface area (Å²) in [7, 11) is 0. The number of hydrogen-bond acceptors (Lipinski definition) is 2. The molecule has 1 saturated heterocycles. The number of rotatable bonds is 4. The summed E-state index contributed by atoms with van der Waals surface area (Å²) >= 11 is 0. The van der Waals surface area contributed by atoms with Crippen molar-refractivity contribution in [1.29, 1.82) is 0 Å². The molecule has 0 radical (unpaired) electrons. The average molecular weight is 275 g/mol. The molecule has 1 aromatic carbocycles. The zero-order valence-electron chi connectivity index (χ0n) is 12.2. The number of amides is 1. The predicted octanol–water partition coefficient (Wildman–Crippen LogP) is 1.14. The maximum atomic E-state index is 12.1. The largest absolute Gasteiger partial charge is 0.327 e. The molecule has 1 aromatic rings. The number of likely N-dealkylation sites (tertiary alicyclic amines) is 1. The van der Waals surface area contributed by atoms with Crippen LogP contribution in [0.15, 0.2) is 24.3 Å². The number of piperidine rings is 1. The van der Waals surface area contributed by atoms with Gasteiger partial charge in [-0.15, -0.1) is 0 Å². The Morgan fingerprint density at radius 1 is 1.40 bits per heavy atom. The van der Waals surface area contributed by atoms with E-state index in [2.05, 4.69) is 12.2 Å². The molecule has 2 rings (SSSR count). The highest BCUT2D eigenvalue weighted by Crippen LogP contribution is 2.11. The molecule has 4 heteroatoms. The van der Waals surface area contributed by atoms with Gasteiger partial charge in [-0.05, 0) is 31.9 Å². The lowest BCUT2D eigenvalue weighted by Gasteiger charge is -2.27. The van der Waals surface area contributed by atoms with Gasteiger partial charge in [0.1, 0.15) is 0 Å². The van der Waals surface area contributed by atoms with Gasteiger partial charge in [-0.3, -0.25) is 9.59 Å². The van der Waals surface area contributed by atoms with Gasteiger partial charge in [0.2, 0.25) is 0 Å². The van der Waals surface area contributed by atoms with Crippen LogP contribution in [-0.4, -0.2) is 31.3 Å². The zero-order valence-corrected chi connectivity index (χ0v) is 12.2. The van der Waals surface area contributed by atoms with Crippen molar-refractivity contribution in [3.8, 4) is 0 Å². The van der Waals surface area contributed by atoms with Crippen molar-refractivity contribution in [2.75, 3.05) is 25.0 Å². The second kappa shape index (κ2) is 6.66. The fraction of sp³-hybridized carbons (Fsp3) is 0.500. The van der Waals surface area contributed by atoms with Crippen LogP contribution in [0.25, 0.3) is 0 Å². The summed E-state index contributed by atoms with van der Waals surface area (Å²) in [4.78, 5) is 24.7. The van der Waals surface area contributed by atoms with Gasteiger partial charge in [0.25, 0.3) is 5.91 Å². The topological polar surface area (TPSA) is 50.6 Å². The number of quaternary nitrogens is 1. The first kappa shape index (κ1) is 14.7. The number of hydrogen-bond donors (Lipinski definition) is 2. The summed E-state index contributed by atoms with van der Waals surface area (Å²) in [6.45, 7) is 6.42. The van der Waals surface area contributed by atoms with Crippen molar-refractivity contribution in [2.24, 2.45) is 5.92 Å². The molecule has 0 aromatic heterocycles. The van der Waals surface area contributed by atoms with Crippen molar-refractivity contribution in [3.63, 3.8) is 0 Å². The van der Waals surface area contributed by atoms with Crippen LogP contribution in [0, 0.1) is 5.92 Å². The quantitative estimate of drug-likeness (QED) is 0.810. The van der Waals surface area contributed by atoms with Gasteiger partial charge in [-0.25, -0.2) is 0 Å². The Balaban J connectivity index is 1.91. The van der Waals surface area contributed by atoms with Gasteiger partial charge in [0.05, 0.1) is 13.1 Å². The first-order chi connectivity index (χ1) is 9.54. The average Bonchev–Trinajstić information content (AvgIpc) is 2.38. The van der Waals surface area contributed by atoms with Crippen LogP contribution in [0.2, 0.25) is 0 Å². The molecule has 0 spiro atoms. The Morgan fingerprint density at radius 2 is 2.20 bits per heavy atom. The summed E-state index contributed by atoms with van der Waals surface area (Å²) in [5, 5.41) is 2.89. The van der Waals surface area contributed by atoms with E-state index < -0.39 is 0 Å². The molecule has 2 N–H and O–H groups in total. The van der Waals surface area contributed by atoms with Crippen LogP contribution in [-0.2, 0) is 4.79 Å². The monoisotopic (exact) mass is 275 g/mol. The summed E-state index contributed by atoms with van der Waals surface area (Å²) in [6, 6.07) is 7.10. The maximum Gasteiger partial charge on any atom is 0.279 e. The van der Waals surface area contributed by atoms with Crippen LogP contribution in [0.3, 0.4) is 0 Å². The van der Waals surface area contributed by atoms with Crippen molar-refractivity contribution in [1.82, 2.24) is 0 Å². The van der Waals surface area contributed by atoms with E-state index in [0.717, 1.165) is 13.1 Å². The number of benzene rings is 1. The second-order valence-electron chi connectivity index (χ2n) is 5.81. The van der Waals surface area contributed by atoms with E-state index in [-0.39, 0.29) is 11.7 Å². The third-order valence-electron chi connectivity index (χ3n) is 3.83. The first-order valence-corrected chi connectivity index (χ1v) is 7.29. The summed E-state index contributed by atoms with van der Waals surface area (Å²) in [5.74, 6) is 0.735. The normalized spacial score (nSPS) is 22.3. The second-order valence-corrected chi connectivity index (χ2v) is 5.81. The van der Waals surface area contributed by atoms with Crippen molar-refractivity contribution in [2.45, 2.75) is 26.7 Å². The maximum absolute atomic E-state index is 12.1. The van der Waals surface area contributed by atoms with E-state index >= 15 is 0 Å². The molecule has 1 fully saturated rings. The van der Waals surface area contributed by atoms with Gasteiger partial charge >= 0.3 is 0 Å². The molecule has 1 aliphatic heterocycles. The van der Waals surface area contributed by atoms with E-state index in [4.69, 9.17) is 0 Å². The Hall–Kier alpha value is -1.68. The molecule has 1 amide bonds. The third-order valence-corrected chi connectivity index (χ3v) is 3.83. The Kier molecular flexibility index (Phi) is 4.90. The highest BCUT2D eigenvalue weighted by molar-refractivity contribution is 5.97. The molecule has 1 heterocycles.